The molecule has 1 fully saturated rings. The number of rotatable bonds is 9. The summed E-state index contributed by atoms with van der Waals surface area (Å²) in [5, 5.41) is 8.98. The molecule has 1 saturated heterocycles. The zero-order valence-electron chi connectivity index (χ0n) is 20.1. The van der Waals surface area contributed by atoms with E-state index in [2.05, 4.69) is 6.07 Å². The van der Waals surface area contributed by atoms with Gasteiger partial charge in [-0.15, -0.1) is 0 Å². The van der Waals surface area contributed by atoms with Gasteiger partial charge in [-0.05, 0) is 68.1 Å². The molecule has 2 aromatic rings. The van der Waals surface area contributed by atoms with Crippen molar-refractivity contribution in [3.8, 4) is 6.07 Å². The minimum absolute atomic E-state index is 0.0343. The van der Waals surface area contributed by atoms with E-state index in [-0.39, 0.29) is 36.4 Å². The molecule has 0 saturated carbocycles. The van der Waals surface area contributed by atoms with Crippen LogP contribution in [0.4, 0.5) is 0 Å². The highest BCUT2D eigenvalue weighted by Gasteiger charge is 2.33. The summed E-state index contributed by atoms with van der Waals surface area (Å²) in [6.07, 6.45) is 1.72. The van der Waals surface area contributed by atoms with Crippen molar-refractivity contribution in [2.45, 2.75) is 44.6 Å². The maximum absolute atomic E-state index is 13.3. The smallest absolute Gasteiger partial charge is 0.338 e. The van der Waals surface area contributed by atoms with Gasteiger partial charge in [-0.2, -0.15) is 9.57 Å². The Morgan fingerprint density at radius 1 is 1.06 bits per heavy atom. The van der Waals surface area contributed by atoms with Crippen LogP contribution in [0.3, 0.4) is 0 Å². The van der Waals surface area contributed by atoms with Gasteiger partial charge < -0.3 is 9.64 Å². The number of carbonyl (C=O) groups is 2. The predicted molar refractivity (Wildman–Crippen MR) is 131 cm³/mol. The van der Waals surface area contributed by atoms with Crippen LogP contribution in [-0.4, -0.2) is 55.7 Å². The van der Waals surface area contributed by atoms with Crippen molar-refractivity contribution >= 4 is 21.9 Å². The fraction of sp³-hybridized carbons (Fsp3) is 0.423. The van der Waals surface area contributed by atoms with E-state index in [1.807, 2.05) is 24.0 Å². The van der Waals surface area contributed by atoms with E-state index in [1.54, 1.807) is 19.1 Å². The molecular weight excluding hydrogens is 466 g/mol. The van der Waals surface area contributed by atoms with Crippen LogP contribution in [0.25, 0.3) is 0 Å². The van der Waals surface area contributed by atoms with E-state index in [0.717, 1.165) is 12.0 Å². The quantitative estimate of drug-likeness (QED) is 0.490. The number of hydrogen-bond acceptors (Lipinski definition) is 6. The molecular formula is C26H31N3O5S. The largest absolute Gasteiger partial charge is 0.462 e. The molecule has 0 radical (unpaired) electrons. The molecule has 0 bridgehead atoms. The van der Waals surface area contributed by atoms with Crippen LogP contribution in [0.1, 0.15) is 54.6 Å². The summed E-state index contributed by atoms with van der Waals surface area (Å²) in [4.78, 5) is 27.0. The summed E-state index contributed by atoms with van der Waals surface area (Å²) < 4.78 is 32.5. The van der Waals surface area contributed by atoms with Crippen LogP contribution in [0, 0.1) is 17.2 Å². The van der Waals surface area contributed by atoms with E-state index in [4.69, 9.17) is 10.00 Å². The summed E-state index contributed by atoms with van der Waals surface area (Å²) in [6, 6.07) is 15.0. The zero-order valence-corrected chi connectivity index (χ0v) is 21.0. The van der Waals surface area contributed by atoms with Crippen LogP contribution in [-0.2, 0) is 26.1 Å². The van der Waals surface area contributed by atoms with Crippen molar-refractivity contribution < 1.29 is 22.7 Å². The van der Waals surface area contributed by atoms with Crippen molar-refractivity contribution in [2.24, 2.45) is 5.92 Å². The Morgan fingerprint density at radius 2 is 1.69 bits per heavy atom. The van der Waals surface area contributed by atoms with Gasteiger partial charge in [0.15, 0.2) is 0 Å². The van der Waals surface area contributed by atoms with Crippen molar-refractivity contribution in [2.75, 3.05) is 26.2 Å². The molecule has 0 aromatic heterocycles. The number of nitrogens with zero attached hydrogens (tertiary/aromatic N) is 3. The molecule has 2 aromatic carbocycles. The van der Waals surface area contributed by atoms with Crippen LogP contribution in [0.5, 0.6) is 0 Å². The first-order valence-electron chi connectivity index (χ1n) is 11.8. The molecule has 1 amide bonds. The van der Waals surface area contributed by atoms with E-state index in [9.17, 15) is 18.0 Å². The van der Waals surface area contributed by atoms with E-state index < -0.39 is 16.0 Å². The Balaban J connectivity index is 1.63. The molecule has 9 heteroatoms. The maximum atomic E-state index is 13.3. The molecule has 0 unspecified atom stereocenters. The average Bonchev–Trinajstić information content (AvgIpc) is 2.88. The Kier molecular flexibility index (Phi) is 9.01. The minimum atomic E-state index is -3.72. The summed E-state index contributed by atoms with van der Waals surface area (Å²) in [5.74, 6) is -0.696. The molecule has 0 aliphatic carbocycles. The van der Waals surface area contributed by atoms with Gasteiger partial charge in [0.1, 0.15) is 0 Å². The lowest BCUT2D eigenvalue weighted by molar-refractivity contribution is -0.137. The van der Waals surface area contributed by atoms with Gasteiger partial charge in [0.05, 0.1) is 28.7 Å². The van der Waals surface area contributed by atoms with Gasteiger partial charge in [0, 0.05) is 32.1 Å². The highest BCUT2D eigenvalue weighted by atomic mass is 32.2. The molecule has 35 heavy (non-hydrogen) atoms. The lowest BCUT2D eigenvalue weighted by Gasteiger charge is -2.33. The van der Waals surface area contributed by atoms with Crippen molar-refractivity contribution in [1.29, 1.82) is 5.26 Å². The number of ether oxygens (including phenoxy) is 1. The number of piperidine rings is 1. The highest BCUT2D eigenvalue weighted by molar-refractivity contribution is 7.89. The first-order chi connectivity index (χ1) is 16.8. The molecule has 0 N–H and O–H groups in total. The van der Waals surface area contributed by atoms with E-state index in [0.29, 0.717) is 37.1 Å². The first kappa shape index (κ1) is 26.4. The second kappa shape index (κ2) is 12.0. The predicted octanol–water partition coefficient (Wildman–Crippen LogP) is 3.57. The van der Waals surface area contributed by atoms with Crippen LogP contribution in [0.2, 0.25) is 0 Å². The Morgan fingerprint density at radius 3 is 2.23 bits per heavy atom. The third-order valence-electron chi connectivity index (χ3n) is 6.07. The zero-order chi connectivity index (χ0) is 25.4. The molecule has 0 atom stereocenters. The summed E-state index contributed by atoms with van der Waals surface area (Å²) in [7, 11) is -3.72. The minimum Gasteiger partial charge on any atom is -0.462 e. The van der Waals surface area contributed by atoms with Gasteiger partial charge in [0.25, 0.3) is 0 Å². The Labute approximate surface area is 207 Å². The van der Waals surface area contributed by atoms with Crippen molar-refractivity contribution in [1.82, 2.24) is 9.21 Å². The van der Waals surface area contributed by atoms with Crippen LogP contribution >= 0.6 is 0 Å². The van der Waals surface area contributed by atoms with Gasteiger partial charge in [0.2, 0.25) is 15.9 Å². The lowest BCUT2D eigenvalue weighted by Crippen LogP contribution is -2.44. The molecule has 186 valence electrons. The third-order valence-corrected chi connectivity index (χ3v) is 7.98. The topological polar surface area (TPSA) is 108 Å². The third kappa shape index (κ3) is 6.47. The van der Waals surface area contributed by atoms with Gasteiger partial charge >= 0.3 is 5.97 Å². The van der Waals surface area contributed by atoms with Crippen LogP contribution in [0.15, 0.2) is 53.4 Å². The first-order valence-corrected chi connectivity index (χ1v) is 13.3. The SMILES string of the molecule is CCCN(Cc1ccc(C#N)cc1)C(=O)C1CCN(S(=O)(=O)c2ccc(C(=O)OCC)cc2)CC1. The number of hydrogen-bond donors (Lipinski definition) is 0. The Hall–Kier alpha value is -3.22. The number of benzene rings is 2. The summed E-state index contributed by atoms with van der Waals surface area (Å²) in [5.41, 5.74) is 1.83. The molecule has 1 heterocycles. The number of carbonyl (C=O) groups excluding carboxylic acids is 2. The number of esters is 1. The highest BCUT2D eigenvalue weighted by Crippen LogP contribution is 2.26. The normalized spacial score (nSPS) is 14.8. The second-order valence-electron chi connectivity index (χ2n) is 8.49. The van der Waals surface area contributed by atoms with Crippen molar-refractivity contribution in [3.05, 3.63) is 65.2 Å². The van der Waals surface area contributed by atoms with Gasteiger partial charge in [-0.3, -0.25) is 4.79 Å². The average molecular weight is 498 g/mol. The maximum Gasteiger partial charge on any atom is 0.338 e. The number of nitriles is 1. The standard InChI is InChI=1S/C26H31N3O5S/c1-3-15-28(19-21-7-5-20(18-27)6-8-21)25(30)22-13-16-29(17-14-22)35(32,33)24-11-9-23(10-12-24)26(31)34-4-2/h5-12,22H,3-4,13-17,19H2,1-2H3. The second-order valence-corrected chi connectivity index (χ2v) is 10.4. The van der Waals surface area contributed by atoms with Crippen LogP contribution < -0.4 is 0 Å². The molecule has 8 nitrogen and oxygen atoms in total. The number of amides is 1. The summed E-state index contributed by atoms with van der Waals surface area (Å²) >= 11 is 0. The fourth-order valence-corrected chi connectivity index (χ4v) is 5.64. The van der Waals surface area contributed by atoms with E-state index in [1.165, 1.54) is 28.6 Å². The molecule has 0 spiro atoms. The fourth-order valence-electron chi connectivity index (χ4n) is 4.17. The Bertz CT molecular complexity index is 1160. The van der Waals surface area contributed by atoms with Crippen molar-refractivity contribution in [3.63, 3.8) is 0 Å². The van der Waals surface area contributed by atoms with E-state index >= 15 is 0 Å². The van der Waals surface area contributed by atoms with Gasteiger partial charge in [-0.25, -0.2) is 13.2 Å². The summed E-state index contributed by atoms with van der Waals surface area (Å²) in [6.45, 7) is 5.56. The lowest BCUT2D eigenvalue weighted by atomic mass is 9.96. The molecule has 1 aliphatic heterocycles. The molecule has 3 rings (SSSR count). The van der Waals surface area contributed by atoms with Gasteiger partial charge in [-0.1, -0.05) is 19.1 Å². The number of sulfonamides is 1. The monoisotopic (exact) mass is 497 g/mol. The molecule has 1 aliphatic rings.